The Kier molecular flexibility index (Phi) is 3.69. The first-order valence-corrected chi connectivity index (χ1v) is 6.58. The molecule has 0 aromatic carbocycles. The molecular formula is C15H20O3. The lowest BCUT2D eigenvalue weighted by Gasteiger charge is -2.18. The summed E-state index contributed by atoms with van der Waals surface area (Å²) in [4.78, 5) is 23.7. The summed E-state index contributed by atoms with van der Waals surface area (Å²) in [7, 11) is 0. The maximum absolute atomic E-state index is 12.1. The monoisotopic (exact) mass is 248 g/mol. The molecule has 2 atom stereocenters. The van der Waals surface area contributed by atoms with Crippen LogP contribution in [0.1, 0.15) is 46.5 Å². The van der Waals surface area contributed by atoms with Gasteiger partial charge in [0.2, 0.25) is 0 Å². The van der Waals surface area contributed by atoms with E-state index in [1.54, 1.807) is 6.92 Å². The molecule has 18 heavy (non-hydrogen) atoms. The normalized spacial score (nSPS) is 32.7. The van der Waals surface area contributed by atoms with Crippen LogP contribution in [-0.4, -0.2) is 17.9 Å². The molecule has 1 aliphatic heterocycles. The Labute approximate surface area is 108 Å². The molecule has 1 heterocycles. The van der Waals surface area contributed by atoms with Crippen LogP contribution in [0.3, 0.4) is 0 Å². The molecule has 1 aliphatic carbocycles. The topological polar surface area (TPSA) is 43.4 Å². The number of hydrogen-bond donors (Lipinski definition) is 0. The van der Waals surface area contributed by atoms with Gasteiger partial charge in [0.15, 0.2) is 0 Å². The summed E-state index contributed by atoms with van der Waals surface area (Å²) in [6, 6.07) is 0. The second-order valence-corrected chi connectivity index (χ2v) is 5.42. The molecule has 2 unspecified atom stereocenters. The van der Waals surface area contributed by atoms with Gasteiger partial charge < -0.3 is 4.74 Å². The molecule has 2 aliphatic rings. The van der Waals surface area contributed by atoms with E-state index in [1.165, 1.54) is 5.57 Å². The van der Waals surface area contributed by atoms with Gasteiger partial charge in [-0.1, -0.05) is 18.6 Å². The van der Waals surface area contributed by atoms with Crippen molar-refractivity contribution in [2.75, 3.05) is 0 Å². The molecule has 0 bridgehead atoms. The van der Waals surface area contributed by atoms with Crippen LogP contribution in [0.25, 0.3) is 0 Å². The summed E-state index contributed by atoms with van der Waals surface area (Å²) >= 11 is 0. The number of Topliss-reactive ketones (excluding diaryl/α,β-unsaturated/α-hetero) is 1. The summed E-state index contributed by atoms with van der Waals surface area (Å²) in [6.45, 7) is 5.79. The van der Waals surface area contributed by atoms with Crippen molar-refractivity contribution in [3.8, 4) is 0 Å². The SMILES string of the molecule is CC1=C2CC(=O)C(C)CC/C=C(\C)CC2OC1=O. The van der Waals surface area contributed by atoms with Crippen molar-refractivity contribution >= 4 is 11.8 Å². The van der Waals surface area contributed by atoms with Crippen LogP contribution in [0.5, 0.6) is 0 Å². The van der Waals surface area contributed by atoms with Gasteiger partial charge in [-0.15, -0.1) is 0 Å². The zero-order valence-electron chi connectivity index (χ0n) is 11.3. The van der Waals surface area contributed by atoms with E-state index in [9.17, 15) is 9.59 Å². The third-order valence-corrected chi connectivity index (χ3v) is 3.94. The number of hydrogen-bond acceptors (Lipinski definition) is 3. The number of esters is 1. The van der Waals surface area contributed by atoms with Crippen molar-refractivity contribution in [3.05, 3.63) is 22.8 Å². The summed E-state index contributed by atoms with van der Waals surface area (Å²) in [5.41, 5.74) is 2.77. The lowest BCUT2D eigenvalue weighted by Crippen LogP contribution is -2.19. The minimum absolute atomic E-state index is 0.0591. The Hall–Kier alpha value is -1.38. The number of ketones is 1. The molecule has 3 heteroatoms. The number of ether oxygens (including phenoxy) is 1. The van der Waals surface area contributed by atoms with Gasteiger partial charge in [-0.25, -0.2) is 4.79 Å². The molecule has 0 radical (unpaired) electrons. The fraction of sp³-hybridized carbons (Fsp3) is 0.600. The van der Waals surface area contributed by atoms with Gasteiger partial charge in [0.05, 0.1) is 0 Å². The number of allylic oxidation sites excluding steroid dienone is 1. The van der Waals surface area contributed by atoms with Crippen molar-refractivity contribution in [1.82, 2.24) is 0 Å². The van der Waals surface area contributed by atoms with Gasteiger partial charge >= 0.3 is 5.97 Å². The first-order valence-electron chi connectivity index (χ1n) is 6.58. The van der Waals surface area contributed by atoms with Crippen molar-refractivity contribution in [3.63, 3.8) is 0 Å². The second-order valence-electron chi connectivity index (χ2n) is 5.42. The van der Waals surface area contributed by atoms with E-state index < -0.39 is 0 Å². The maximum atomic E-state index is 12.1. The lowest BCUT2D eigenvalue weighted by atomic mass is 9.88. The first-order chi connectivity index (χ1) is 8.49. The Morgan fingerprint density at radius 1 is 1.28 bits per heavy atom. The number of carbonyl (C=O) groups excluding carboxylic acids is 2. The van der Waals surface area contributed by atoms with Crippen LogP contribution in [0.4, 0.5) is 0 Å². The predicted molar refractivity (Wildman–Crippen MR) is 69.0 cm³/mol. The van der Waals surface area contributed by atoms with E-state index in [1.807, 2.05) is 6.92 Å². The van der Waals surface area contributed by atoms with E-state index in [2.05, 4.69) is 13.0 Å². The Balaban J connectivity index is 2.31. The average molecular weight is 248 g/mol. The van der Waals surface area contributed by atoms with Crippen molar-refractivity contribution < 1.29 is 14.3 Å². The number of fused-ring (bicyclic) bond motifs is 1. The van der Waals surface area contributed by atoms with Crippen LogP contribution in [0.15, 0.2) is 22.8 Å². The highest BCUT2D eigenvalue weighted by Gasteiger charge is 2.33. The van der Waals surface area contributed by atoms with Crippen LogP contribution < -0.4 is 0 Å². The zero-order chi connectivity index (χ0) is 13.3. The third kappa shape index (κ3) is 2.55. The molecule has 0 amide bonds. The van der Waals surface area contributed by atoms with Gasteiger partial charge in [-0.2, -0.15) is 0 Å². The Bertz CT molecular complexity index is 443. The molecule has 0 saturated carbocycles. The fourth-order valence-corrected chi connectivity index (χ4v) is 2.55. The van der Waals surface area contributed by atoms with Crippen LogP contribution in [0.2, 0.25) is 0 Å². The van der Waals surface area contributed by atoms with Crippen LogP contribution in [0, 0.1) is 5.92 Å². The third-order valence-electron chi connectivity index (χ3n) is 3.94. The molecule has 0 saturated heterocycles. The predicted octanol–water partition coefficient (Wildman–Crippen LogP) is 2.95. The molecule has 0 aromatic heterocycles. The molecule has 3 nitrogen and oxygen atoms in total. The fourth-order valence-electron chi connectivity index (χ4n) is 2.55. The largest absolute Gasteiger partial charge is 0.454 e. The van der Waals surface area contributed by atoms with Gasteiger partial charge in [0.25, 0.3) is 0 Å². The van der Waals surface area contributed by atoms with Crippen LogP contribution >= 0.6 is 0 Å². The standard InChI is InChI=1S/C15H20O3/c1-9-5-4-6-10(2)13(16)8-12-11(3)15(17)18-14(12)7-9/h5,10,14H,4,6-8H2,1-3H3/b9-5+. The molecule has 0 aromatic rings. The van der Waals surface area contributed by atoms with E-state index in [0.29, 0.717) is 12.0 Å². The van der Waals surface area contributed by atoms with Crippen molar-refractivity contribution in [1.29, 1.82) is 0 Å². The summed E-state index contributed by atoms with van der Waals surface area (Å²) < 4.78 is 5.36. The Morgan fingerprint density at radius 2 is 2.00 bits per heavy atom. The molecule has 2 rings (SSSR count). The second kappa shape index (κ2) is 5.09. The molecular weight excluding hydrogens is 228 g/mol. The van der Waals surface area contributed by atoms with Gasteiger partial charge in [0, 0.05) is 24.3 Å². The molecule has 0 fully saturated rings. The van der Waals surface area contributed by atoms with E-state index in [0.717, 1.165) is 24.8 Å². The van der Waals surface area contributed by atoms with E-state index in [-0.39, 0.29) is 23.8 Å². The van der Waals surface area contributed by atoms with Gasteiger partial charge in [-0.05, 0) is 32.3 Å². The number of rotatable bonds is 0. The zero-order valence-corrected chi connectivity index (χ0v) is 11.3. The Morgan fingerprint density at radius 3 is 2.72 bits per heavy atom. The minimum Gasteiger partial charge on any atom is -0.454 e. The molecule has 0 spiro atoms. The smallest absolute Gasteiger partial charge is 0.334 e. The highest BCUT2D eigenvalue weighted by atomic mass is 16.5. The van der Waals surface area contributed by atoms with Gasteiger partial charge in [-0.3, -0.25) is 4.79 Å². The first kappa shape index (κ1) is 13.1. The summed E-state index contributed by atoms with van der Waals surface area (Å²) in [6.07, 6.45) is 4.85. The molecule has 98 valence electrons. The summed E-state index contributed by atoms with van der Waals surface area (Å²) in [5.74, 6) is 0.0203. The van der Waals surface area contributed by atoms with Crippen LogP contribution in [-0.2, 0) is 14.3 Å². The average Bonchev–Trinajstić information content (AvgIpc) is 2.56. The summed E-state index contributed by atoms with van der Waals surface area (Å²) in [5, 5.41) is 0. The lowest BCUT2D eigenvalue weighted by molar-refractivity contribution is -0.139. The van der Waals surface area contributed by atoms with Gasteiger partial charge in [0.1, 0.15) is 11.9 Å². The quantitative estimate of drug-likeness (QED) is 0.489. The van der Waals surface area contributed by atoms with E-state index >= 15 is 0 Å². The van der Waals surface area contributed by atoms with E-state index in [4.69, 9.17) is 4.74 Å². The maximum Gasteiger partial charge on any atom is 0.334 e. The minimum atomic E-state index is -0.262. The number of carbonyl (C=O) groups is 2. The van der Waals surface area contributed by atoms with Crippen molar-refractivity contribution in [2.24, 2.45) is 5.92 Å². The molecule has 0 N–H and O–H groups in total. The highest BCUT2D eigenvalue weighted by molar-refractivity contribution is 5.94. The highest BCUT2D eigenvalue weighted by Crippen LogP contribution is 2.32. The van der Waals surface area contributed by atoms with Crippen molar-refractivity contribution in [2.45, 2.75) is 52.6 Å².